The molecule has 0 spiro atoms. The van der Waals surface area contributed by atoms with Crippen molar-refractivity contribution in [3.8, 4) is 12.1 Å². The minimum absolute atomic E-state index is 0.0371. The van der Waals surface area contributed by atoms with Gasteiger partial charge in [-0.25, -0.2) is 8.42 Å². The number of nitrogens with zero attached hydrogens (tertiary/aromatic N) is 2. The summed E-state index contributed by atoms with van der Waals surface area (Å²) >= 11 is 3.42. The quantitative estimate of drug-likeness (QED) is 0.0496. The third kappa shape index (κ3) is 17.6. The Hall–Kier alpha value is -7.15. The molecule has 6 aromatic carbocycles. The maximum absolute atomic E-state index is 13.0. The average molecular weight is 1310 g/mol. The van der Waals surface area contributed by atoms with Gasteiger partial charge in [0.15, 0.2) is 9.84 Å². The van der Waals surface area contributed by atoms with Gasteiger partial charge in [0, 0.05) is 99.7 Å². The molecule has 0 saturated carbocycles. The SMILES string of the molecule is CC(CC#N)C(c1ccc(C(F)(F)F)cc1)c1c[nH]c2c(CS(C)(=O)=O)cccc12.CSCc1cccc2c(C(c3ccc(C(F)(F)F)cc3)C(C)CC#N)c[nH]c12.CSCc1cccc2c(C(c3ccc(C(F)(F)F)cc3)C(C)COS(C)(=O)=O)c[nH]c12. The van der Waals surface area contributed by atoms with Crippen molar-refractivity contribution in [1.29, 1.82) is 10.5 Å². The van der Waals surface area contributed by atoms with Crippen molar-refractivity contribution in [3.63, 3.8) is 0 Å². The smallest absolute Gasteiger partial charge is 0.361 e. The van der Waals surface area contributed by atoms with Gasteiger partial charge in [0.2, 0.25) is 0 Å². The molecule has 0 fully saturated rings. The van der Waals surface area contributed by atoms with E-state index >= 15 is 0 Å². The number of hydrogen-bond acceptors (Lipinski definition) is 9. The van der Waals surface area contributed by atoms with Crippen molar-refractivity contribution in [1.82, 2.24) is 15.0 Å². The van der Waals surface area contributed by atoms with Gasteiger partial charge >= 0.3 is 18.5 Å². The van der Waals surface area contributed by atoms with Crippen LogP contribution in [0.2, 0.25) is 0 Å². The molecule has 0 aliphatic carbocycles. The number of nitrogens with one attached hydrogen (secondary N) is 3. The molecular formula is C66H66F9N5O5S4. The van der Waals surface area contributed by atoms with Gasteiger partial charge in [-0.2, -0.15) is 82.0 Å². The van der Waals surface area contributed by atoms with E-state index in [2.05, 4.69) is 33.2 Å². The van der Waals surface area contributed by atoms with Gasteiger partial charge in [0.25, 0.3) is 10.1 Å². The Bertz CT molecular complexity index is 4170. The van der Waals surface area contributed by atoms with E-state index in [1.165, 1.54) is 42.0 Å². The fourth-order valence-corrected chi connectivity index (χ4v) is 13.7. The molecule has 89 heavy (non-hydrogen) atoms. The standard InChI is InChI=1S/C22H21F3N2O2S.C22H21F3N2S.C22H24F3NO3S2/c1-14(10-11-26)20(15-6-8-17(9-7-15)22(23,24)25)19-12-27-21-16(13-30(2,28)29)4-3-5-18(19)21;1-14(10-11-26)20(15-6-8-17(9-7-15)22(23,24)25)19-12-27-21-16(13-28-2)4-3-5-18(19)21;1-14(12-29-31(3,27)28)20(15-7-9-17(10-8-15)22(23,24)25)19-11-26-21-16(13-30-2)5-4-6-18(19)21/h3-9,12,14,20,27H,10,13H2,1-2H3;3-9,12,14,20,27H,10,13H2,1-2H3;4-11,14,20,26H,12-13H2,1-3H3. The predicted octanol–water partition coefficient (Wildman–Crippen LogP) is 17.9. The Morgan fingerprint density at radius 3 is 1.06 bits per heavy atom. The molecule has 6 atom stereocenters. The van der Waals surface area contributed by atoms with Gasteiger partial charge < -0.3 is 15.0 Å². The molecule has 3 heterocycles. The highest BCUT2D eigenvalue weighted by atomic mass is 32.2. The van der Waals surface area contributed by atoms with Crippen LogP contribution in [0.3, 0.4) is 0 Å². The first-order chi connectivity index (χ1) is 41.9. The van der Waals surface area contributed by atoms with Gasteiger partial charge in [0.1, 0.15) is 0 Å². The normalized spacial score (nSPS) is 14.4. The van der Waals surface area contributed by atoms with Crippen LogP contribution in [0.1, 0.15) is 118 Å². The van der Waals surface area contributed by atoms with Gasteiger partial charge in [0.05, 0.1) is 47.4 Å². The van der Waals surface area contributed by atoms with Crippen molar-refractivity contribution in [2.45, 2.75) is 87.2 Å². The van der Waals surface area contributed by atoms with Gasteiger partial charge in [-0.15, -0.1) is 0 Å². The predicted molar refractivity (Wildman–Crippen MR) is 336 cm³/mol. The largest absolute Gasteiger partial charge is 0.416 e. The molecule has 3 aromatic heterocycles. The highest BCUT2D eigenvalue weighted by Crippen LogP contribution is 2.44. The number of aromatic nitrogens is 3. The topological polar surface area (TPSA) is 172 Å². The Morgan fingerprint density at radius 1 is 0.472 bits per heavy atom. The van der Waals surface area contributed by atoms with Crippen LogP contribution in [0.4, 0.5) is 39.5 Å². The highest BCUT2D eigenvalue weighted by molar-refractivity contribution is 7.98. The third-order valence-electron chi connectivity index (χ3n) is 15.4. The molecule has 472 valence electrons. The van der Waals surface area contributed by atoms with Crippen molar-refractivity contribution in [3.05, 3.63) is 213 Å². The van der Waals surface area contributed by atoms with E-state index in [4.69, 9.17) is 4.18 Å². The van der Waals surface area contributed by atoms with Crippen molar-refractivity contribution in [2.24, 2.45) is 17.8 Å². The highest BCUT2D eigenvalue weighted by Gasteiger charge is 2.35. The molecule has 9 aromatic rings. The summed E-state index contributed by atoms with van der Waals surface area (Å²) in [4.78, 5) is 9.79. The average Bonchev–Trinajstić information content (AvgIpc) is 2.09. The number of fused-ring (bicyclic) bond motifs is 3. The van der Waals surface area contributed by atoms with E-state index in [1.54, 1.807) is 41.9 Å². The second kappa shape index (κ2) is 29.2. The number of para-hydroxylation sites is 3. The number of thioether (sulfide) groups is 2. The number of hydrogen-bond donors (Lipinski definition) is 3. The molecule has 23 heteroatoms. The van der Waals surface area contributed by atoms with Crippen LogP contribution < -0.4 is 0 Å². The fraction of sp³-hybridized carbons (Fsp3) is 0.333. The Labute approximate surface area is 520 Å². The van der Waals surface area contributed by atoms with Crippen LogP contribution in [0.5, 0.6) is 0 Å². The van der Waals surface area contributed by atoms with E-state index in [0.29, 0.717) is 28.6 Å². The Kier molecular flexibility index (Phi) is 22.8. The summed E-state index contributed by atoms with van der Waals surface area (Å²) in [5.74, 6) is 0.203. The second-order valence-corrected chi connectivity index (χ2v) is 27.6. The summed E-state index contributed by atoms with van der Waals surface area (Å²) < 4.78 is 168. The lowest BCUT2D eigenvalue weighted by atomic mass is 9.80. The first kappa shape index (κ1) is 69.3. The Morgan fingerprint density at radius 2 is 0.775 bits per heavy atom. The van der Waals surface area contributed by atoms with Crippen molar-refractivity contribution < 1.29 is 60.5 Å². The lowest BCUT2D eigenvalue weighted by molar-refractivity contribution is -0.138. The van der Waals surface area contributed by atoms with Crippen LogP contribution in [0, 0.1) is 40.4 Å². The maximum Gasteiger partial charge on any atom is 0.416 e. The van der Waals surface area contributed by atoms with Gasteiger partial charge in [-0.1, -0.05) is 112 Å². The van der Waals surface area contributed by atoms with Crippen molar-refractivity contribution >= 4 is 76.2 Å². The summed E-state index contributed by atoms with van der Waals surface area (Å²) in [6.07, 6.45) is -0.917. The lowest BCUT2D eigenvalue weighted by Crippen LogP contribution is -2.19. The summed E-state index contributed by atoms with van der Waals surface area (Å²) in [5.41, 5.74) is 8.37. The zero-order valence-electron chi connectivity index (χ0n) is 49.5. The monoisotopic (exact) mass is 1310 g/mol. The van der Waals surface area contributed by atoms with Crippen LogP contribution in [0.25, 0.3) is 32.7 Å². The fourth-order valence-electron chi connectivity index (χ4n) is 11.4. The van der Waals surface area contributed by atoms with E-state index in [9.17, 15) is 66.9 Å². The first-order valence-corrected chi connectivity index (χ1v) is 34.6. The minimum atomic E-state index is -4.42. The molecule has 0 aliphatic rings. The van der Waals surface area contributed by atoms with Crippen LogP contribution in [0.15, 0.2) is 146 Å². The summed E-state index contributed by atoms with van der Waals surface area (Å²) in [6.45, 7) is 5.60. The Balaban J connectivity index is 0.000000190. The number of nitriles is 2. The zero-order valence-corrected chi connectivity index (χ0v) is 52.8. The van der Waals surface area contributed by atoms with Crippen molar-refractivity contribution in [2.75, 3.05) is 31.6 Å². The summed E-state index contributed by atoms with van der Waals surface area (Å²) in [7, 11) is -6.89. The number of rotatable bonds is 20. The molecule has 10 nitrogen and oxygen atoms in total. The number of benzene rings is 6. The molecule has 0 radical (unpaired) electrons. The second-order valence-electron chi connectivity index (χ2n) is 22.1. The molecular weight excluding hydrogens is 1240 g/mol. The number of sulfone groups is 1. The van der Waals surface area contributed by atoms with E-state index in [-0.39, 0.29) is 54.3 Å². The van der Waals surface area contributed by atoms with Crippen LogP contribution in [-0.4, -0.2) is 63.4 Å². The number of aromatic amines is 3. The summed E-state index contributed by atoms with van der Waals surface area (Å²) in [6, 6.07) is 37.0. The first-order valence-electron chi connectivity index (χ1n) is 27.9. The van der Waals surface area contributed by atoms with E-state index < -0.39 is 55.2 Å². The molecule has 0 amide bonds. The molecule has 9 rings (SSSR count). The molecule has 0 saturated heterocycles. The molecule has 0 bridgehead atoms. The number of H-pyrrole nitrogens is 3. The zero-order chi connectivity index (χ0) is 65.2. The number of halogens is 9. The van der Waals surface area contributed by atoms with Gasteiger partial charge in [-0.05, 0) is 117 Å². The van der Waals surface area contributed by atoms with E-state index in [0.717, 1.165) is 115 Å². The third-order valence-corrected chi connectivity index (χ3v) is 18.0. The van der Waals surface area contributed by atoms with E-state index in [1.807, 2.05) is 82.1 Å². The number of alkyl halides is 9. The molecule has 6 unspecified atom stereocenters. The maximum atomic E-state index is 13.0. The van der Waals surface area contributed by atoms with Crippen LogP contribution in [-0.2, 0) is 59.9 Å². The lowest BCUT2D eigenvalue weighted by Gasteiger charge is -2.24. The molecule has 0 aliphatic heterocycles. The van der Waals surface area contributed by atoms with Crippen LogP contribution >= 0.6 is 23.5 Å². The molecule has 3 N–H and O–H groups in total. The van der Waals surface area contributed by atoms with Gasteiger partial charge in [-0.3, -0.25) is 4.18 Å². The minimum Gasteiger partial charge on any atom is -0.361 e. The summed E-state index contributed by atoms with van der Waals surface area (Å²) in [5, 5.41) is 21.2.